The zero-order valence-electron chi connectivity index (χ0n) is 15.3. The van der Waals surface area contributed by atoms with Crippen molar-refractivity contribution < 1.29 is 9.53 Å². The van der Waals surface area contributed by atoms with E-state index in [1.807, 2.05) is 48.7 Å². The quantitative estimate of drug-likeness (QED) is 0.483. The second-order valence-electron chi connectivity index (χ2n) is 6.32. The van der Waals surface area contributed by atoms with Crippen molar-refractivity contribution in [3.05, 3.63) is 82.9 Å². The minimum Gasteiger partial charge on any atom is -0.461 e. The van der Waals surface area contributed by atoms with Crippen LogP contribution in [0, 0.1) is 0 Å². The van der Waals surface area contributed by atoms with Gasteiger partial charge in [-0.2, -0.15) is 0 Å². The van der Waals surface area contributed by atoms with Crippen LogP contribution in [-0.2, 0) is 11.2 Å². The molecule has 28 heavy (non-hydrogen) atoms. The molecule has 0 spiro atoms. The van der Waals surface area contributed by atoms with Crippen LogP contribution in [0.2, 0.25) is 5.02 Å². The van der Waals surface area contributed by atoms with Gasteiger partial charge in [-0.3, -0.25) is 4.98 Å². The highest BCUT2D eigenvalue weighted by Crippen LogP contribution is 2.33. The third-order valence-corrected chi connectivity index (χ3v) is 4.70. The molecule has 0 atom stereocenters. The van der Waals surface area contributed by atoms with Gasteiger partial charge in [-0.15, -0.1) is 0 Å². The molecule has 3 heterocycles. The molecular weight excluding hydrogens is 374 g/mol. The summed E-state index contributed by atoms with van der Waals surface area (Å²) in [5, 5.41) is 1.73. The van der Waals surface area contributed by atoms with Gasteiger partial charge in [0.05, 0.1) is 12.3 Å². The van der Waals surface area contributed by atoms with E-state index in [1.165, 1.54) is 0 Å². The number of aromatic amines is 1. The molecule has 0 aliphatic rings. The Morgan fingerprint density at radius 1 is 1.18 bits per heavy atom. The van der Waals surface area contributed by atoms with Crippen LogP contribution >= 0.6 is 11.6 Å². The number of fused-ring (bicyclic) bond motifs is 1. The summed E-state index contributed by atoms with van der Waals surface area (Å²) < 4.78 is 5.06. The fourth-order valence-electron chi connectivity index (χ4n) is 3.25. The molecule has 4 aromatic rings. The summed E-state index contributed by atoms with van der Waals surface area (Å²) in [5.41, 5.74) is 5.06. The van der Waals surface area contributed by atoms with Crippen LogP contribution in [0.5, 0.6) is 0 Å². The third-order valence-electron chi connectivity index (χ3n) is 4.47. The molecule has 0 aliphatic carbocycles. The molecule has 5 nitrogen and oxygen atoms in total. The molecular formula is C22H18ClN3O2. The van der Waals surface area contributed by atoms with Crippen LogP contribution < -0.4 is 0 Å². The van der Waals surface area contributed by atoms with Crippen LogP contribution in [0.1, 0.15) is 28.7 Å². The summed E-state index contributed by atoms with van der Waals surface area (Å²) in [7, 11) is 0. The molecule has 0 aliphatic heterocycles. The number of hydrogen-bond donors (Lipinski definition) is 1. The number of carbonyl (C=O) groups excluding carboxylic acids is 1. The van der Waals surface area contributed by atoms with E-state index in [0.717, 1.165) is 33.4 Å². The van der Waals surface area contributed by atoms with E-state index < -0.39 is 5.97 Å². The summed E-state index contributed by atoms with van der Waals surface area (Å²) in [4.78, 5) is 24.2. The zero-order valence-corrected chi connectivity index (χ0v) is 16.0. The molecule has 0 radical (unpaired) electrons. The molecule has 140 valence electrons. The van der Waals surface area contributed by atoms with Gasteiger partial charge in [0, 0.05) is 46.0 Å². The maximum absolute atomic E-state index is 12.0. The molecule has 1 N–H and O–H groups in total. The van der Waals surface area contributed by atoms with Crippen molar-refractivity contribution in [2.75, 3.05) is 6.61 Å². The average Bonchev–Trinajstić information content (AvgIpc) is 3.06. The second kappa shape index (κ2) is 7.82. The summed E-state index contributed by atoms with van der Waals surface area (Å²) in [6, 6.07) is 15.1. The maximum atomic E-state index is 12.0. The SMILES string of the molecule is CCOC(=O)c1cccc(Cc2c(-c3cccnc3)[nH]c3cc(Cl)ccc23)n1. The number of aromatic nitrogens is 3. The smallest absolute Gasteiger partial charge is 0.356 e. The molecule has 1 aromatic carbocycles. The number of H-pyrrole nitrogens is 1. The fourth-order valence-corrected chi connectivity index (χ4v) is 3.42. The Bertz CT molecular complexity index is 1140. The van der Waals surface area contributed by atoms with Crippen molar-refractivity contribution in [2.45, 2.75) is 13.3 Å². The van der Waals surface area contributed by atoms with Gasteiger partial charge in [0.15, 0.2) is 0 Å². The van der Waals surface area contributed by atoms with E-state index in [2.05, 4.69) is 15.0 Å². The number of esters is 1. The number of carbonyl (C=O) groups is 1. The Balaban J connectivity index is 1.80. The summed E-state index contributed by atoms with van der Waals surface area (Å²) >= 11 is 6.18. The minimum atomic E-state index is -0.414. The number of nitrogens with one attached hydrogen (secondary N) is 1. The Morgan fingerprint density at radius 3 is 2.86 bits per heavy atom. The molecule has 6 heteroatoms. The van der Waals surface area contributed by atoms with Crippen LogP contribution in [0.25, 0.3) is 22.2 Å². The van der Waals surface area contributed by atoms with Crippen molar-refractivity contribution in [1.29, 1.82) is 0 Å². The summed E-state index contributed by atoms with van der Waals surface area (Å²) in [6.45, 7) is 2.10. The highest BCUT2D eigenvalue weighted by Gasteiger charge is 2.16. The van der Waals surface area contributed by atoms with Crippen LogP contribution in [-0.4, -0.2) is 27.5 Å². The number of rotatable bonds is 5. The molecule has 0 fully saturated rings. The van der Waals surface area contributed by atoms with Crippen molar-refractivity contribution in [1.82, 2.24) is 15.0 Å². The lowest BCUT2D eigenvalue weighted by molar-refractivity contribution is 0.0519. The van der Waals surface area contributed by atoms with Gasteiger partial charge >= 0.3 is 5.97 Å². The second-order valence-corrected chi connectivity index (χ2v) is 6.76. The predicted octanol–water partition coefficient (Wildman–Crippen LogP) is 5.05. The van der Waals surface area contributed by atoms with Gasteiger partial charge in [0.2, 0.25) is 0 Å². The van der Waals surface area contributed by atoms with E-state index in [4.69, 9.17) is 16.3 Å². The number of nitrogens with zero attached hydrogens (tertiary/aromatic N) is 2. The lowest BCUT2D eigenvalue weighted by Gasteiger charge is -2.07. The van der Waals surface area contributed by atoms with Crippen LogP contribution in [0.4, 0.5) is 0 Å². The van der Waals surface area contributed by atoms with Gasteiger partial charge in [-0.05, 0) is 48.9 Å². The Kier molecular flexibility index (Phi) is 5.08. The van der Waals surface area contributed by atoms with Gasteiger partial charge in [0.25, 0.3) is 0 Å². The Labute approximate surface area is 167 Å². The van der Waals surface area contributed by atoms with Gasteiger partial charge in [-0.25, -0.2) is 9.78 Å². The third kappa shape index (κ3) is 3.62. The van der Waals surface area contributed by atoms with E-state index >= 15 is 0 Å². The van der Waals surface area contributed by atoms with E-state index in [9.17, 15) is 4.79 Å². The van der Waals surface area contributed by atoms with Gasteiger partial charge < -0.3 is 9.72 Å². The first-order valence-corrected chi connectivity index (χ1v) is 9.37. The molecule has 0 amide bonds. The van der Waals surface area contributed by atoms with Crippen molar-refractivity contribution >= 4 is 28.5 Å². The highest BCUT2D eigenvalue weighted by molar-refractivity contribution is 6.31. The normalized spacial score (nSPS) is 10.9. The number of pyridine rings is 2. The first kappa shape index (κ1) is 18.2. The molecule has 0 unspecified atom stereocenters. The topological polar surface area (TPSA) is 67.9 Å². The monoisotopic (exact) mass is 391 g/mol. The minimum absolute atomic E-state index is 0.310. The lowest BCUT2D eigenvalue weighted by atomic mass is 10.0. The van der Waals surface area contributed by atoms with Crippen molar-refractivity contribution in [2.24, 2.45) is 0 Å². The Hall–Kier alpha value is -3.18. The first-order chi connectivity index (χ1) is 13.7. The zero-order chi connectivity index (χ0) is 19.5. The van der Waals surface area contributed by atoms with Gasteiger partial charge in [-0.1, -0.05) is 23.7 Å². The molecule has 3 aromatic heterocycles. The average molecular weight is 392 g/mol. The molecule has 0 saturated carbocycles. The van der Waals surface area contributed by atoms with Gasteiger partial charge in [0.1, 0.15) is 5.69 Å². The first-order valence-electron chi connectivity index (χ1n) is 8.99. The lowest BCUT2D eigenvalue weighted by Crippen LogP contribution is -2.08. The van der Waals surface area contributed by atoms with Crippen LogP contribution in [0.3, 0.4) is 0 Å². The number of hydrogen-bond acceptors (Lipinski definition) is 4. The predicted molar refractivity (Wildman–Crippen MR) is 110 cm³/mol. The van der Waals surface area contributed by atoms with E-state index in [-0.39, 0.29) is 0 Å². The maximum Gasteiger partial charge on any atom is 0.356 e. The fraction of sp³-hybridized carbons (Fsp3) is 0.136. The summed E-state index contributed by atoms with van der Waals surface area (Å²) in [6.07, 6.45) is 4.12. The number of ether oxygens (including phenoxy) is 1. The number of halogens is 1. The molecule has 0 saturated heterocycles. The molecule has 4 rings (SSSR count). The standard InChI is InChI=1S/C22H18ClN3O2/c1-2-28-22(27)19-7-3-6-16(25-19)12-18-17-9-8-15(23)11-20(17)26-21(18)14-5-4-10-24-13-14/h3-11,13,26H,2,12H2,1H3. The highest BCUT2D eigenvalue weighted by atomic mass is 35.5. The largest absolute Gasteiger partial charge is 0.461 e. The van der Waals surface area contributed by atoms with Crippen LogP contribution in [0.15, 0.2) is 60.9 Å². The van der Waals surface area contributed by atoms with E-state index in [0.29, 0.717) is 23.7 Å². The summed E-state index contributed by atoms with van der Waals surface area (Å²) in [5.74, 6) is -0.414. The van der Waals surface area contributed by atoms with Crippen molar-refractivity contribution in [3.63, 3.8) is 0 Å². The molecule has 0 bridgehead atoms. The van der Waals surface area contributed by atoms with Crippen molar-refractivity contribution in [3.8, 4) is 11.3 Å². The Morgan fingerprint density at radius 2 is 2.07 bits per heavy atom. The van der Waals surface area contributed by atoms with E-state index in [1.54, 1.807) is 19.2 Å². The number of benzene rings is 1.